The zero-order valence-corrected chi connectivity index (χ0v) is 15.2. The topological polar surface area (TPSA) is 55.8 Å². The fraction of sp³-hybridized carbons (Fsp3) is 0.632. The Morgan fingerprint density at radius 3 is 2.38 bits per heavy atom. The number of piperazine rings is 1. The van der Waals surface area contributed by atoms with Gasteiger partial charge in [0.05, 0.1) is 6.10 Å². The molecule has 0 spiro atoms. The maximum Gasteiger partial charge on any atom is 0.251 e. The Balaban J connectivity index is 1.77. The van der Waals surface area contributed by atoms with Crippen molar-refractivity contribution in [3.8, 4) is 0 Å². The molecule has 1 aliphatic rings. The minimum Gasteiger partial charge on any atom is -0.393 e. The molecular formula is C19H31N3O2. The molecule has 0 bridgehead atoms. The van der Waals surface area contributed by atoms with Crippen molar-refractivity contribution in [3.63, 3.8) is 0 Å². The highest BCUT2D eigenvalue weighted by atomic mass is 16.3. The first-order chi connectivity index (χ1) is 11.5. The van der Waals surface area contributed by atoms with E-state index in [1.165, 1.54) is 5.56 Å². The second-order valence-corrected chi connectivity index (χ2v) is 7.13. The van der Waals surface area contributed by atoms with Gasteiger partial charge in [0.25, 0.3) is 5.91 Å². The Morgan fingerprint density at radius 2 is 1.79 bits per heavy atom. The lowest BCUT2D eigenvalue weighted by molar-refractivity contribution is 0.0920. The second kappa shape index (κ2) is 9.16. The van der Waals surface area contributed by atoms with Crippen LogP contribution in [0.2, 0.25) is 0 Å². The Morgan fingerprint density at radius 1 is 1.17 bits per heavy atom. The quantitative estimate of drug-likeness (QED) is 0.795. The lowest BCUT2D eigenvalue weighted by Gasteiger charge is -2.32. The number of carbonyl (C=O) groups excluding carboxylic acids is 1. The third kappa shape index (κ3) is 5.89. The fourth-order valence-corrected chi connectivity index (χ4v) is 2.79. The molecule has 1 amide bonds. The van der Waals surface area contributed by atoms with Crippen LogP contribution in [0.1, 0.15) is 36.2 Å². The van der Waals surface area contributed by atoms with Crippen LogP contribution in [-0.2, 0) is 6.54 Å². The monoisotopic (exact) mass is 333 g/mol. The third-order valence-corrected chi connectivity index (χ3v) is 4.71. The van der Waals surface area contributed by atoms with Gasteiger partial charge in [-0.1, -0.05) is 26.0 Å². The molecule has 1 saturated heterocycles. The summed E-state index contributed by atoms with van der Waals surface area (Å²) in [5.74, 6) is 0.146. The number of nitrogens with zero attached hydrogens (tertiary/aromatic N) is 2. The molecule has 1 fully saturated rings. The molecule has 2 rings (SSSR count). The molecule has 0 radical (unpaired) electrons. The molecule has 1 aliphatic heterocycles. The van der Waals surface area contributed by atoms with E-state index >= 15 is 0 Å². The van der Waals surface area contributed by atoms with Crippen LogP contribution in [0.5, 0.6) is 0 Å². The first kappa shape index (κ1) is 18.9. The number of hydrogen-bond donors (Lipinski definition) is 2. The number of aliphatic hydroxyl groups excluding tert-OH is 1. The van der Waals surface area contributed by atoms with E-state index < -0.39 is 0 Å². The molecule has 1 unspecified atom stereocenters. The minimum absolute atomic E-state index is 0.0721. The second-order valence-electron chi connectivity index (χ2n) is 7.13. The SMILES string of the molecule is CC(C)C(O)CCNC(=O)c1ccc(CN2CCN(C)CC2)cc1. The molecule has 2 N–H and O–H groups in total. The van der Waals surface area contributed by atoms with Crippen LogP contribution in [0.15, 0.2) is 24.3 Å². The van der Waals surface area contributed by atoms with Gasteiger partial charge in [0, 0.05) is 44.8 Å². The van der Waals surface area contributed by atoms with Crippen molar-refractivity contribution in [2.24, 2.45) is 5.92 Å². The summed E-state index contributed by atoms with van der Waals surface area (Å²) in [5, 5.41) is 12.6. The molecule has 1 atom stereocenters. The molecule has 5 heteroatoms. The molecular weight excluding hydrogens is 302 g/mol. The number of benzene rings is 1. The molecule has 0 aromatic heterocycles. The van der Waals surface area contributed by atoms with E-state index in [-0.39, 0.29) is 17.9 Å². The third-order valence-electron chi connectivity index (χ3n) is 4.71. The minimum atomic E-state index is -0.365. The van der Waals surface area contributed by atoms with E-state index in [0.29, 0.717) is 18.5 Å². The first-order valence-corrected chi connectivity index (χ1v) is 8.92. The van der Waals surface area contributed by atoms with Crippen LogP contribution in [0.4, 0.5) is 0 Å². The summed E-state index contributed by atoms with van der Waals surface area (Å²) < 4.78 is 0. The van der Waals surface area contributed by atoms with E-state index in [2.05, 4.69) is 22.2 Å². The number of rotatable bonds is 7. The number of nitrogens with one attached hydrogen (secondary N) is 1. The Labute approximate surface area is 145 Å². The lowest BCUT2D eigenvalue weighted by atomic mass is 10.0. The van der Waals surface area contributed by atoms with E-state index in [9.17, 15) is 9.90 Å². The average molecular weight is 333 g/mol. The maximum atomic E-state index is 12.1. The summed E-state index contributed by atoms with van der Waals surface area (Å²) in [6.07, 6.45) is 0.224. The van der Waals surface area contributed by atoms with Gasteiger partial charge >= 0.3 is 0 Å². The number of carbonyl (C=O) groups is 1. The van der Waals surface area contributed by atoms with E-state index in [0.717, 1.165) is 32.7 Å². The van der Waals surface area contributed by atoms with Crippen LogP contribution in [0, 0.1) is 5.92 Å². The number of likely N-dealkylation sites (N-methyl/N-ethyl adjacent to an activating group) is 1. The van der Waals surface area contributed by atoms with Gasteiger partial charge in [-0.15, -0.1) is 0 Å². The largest absolute Gasteiger partial charge is 0.393 e. The van der Waals surface area contributed by atoms with Gasteiger partial charge in [-0.2, -0.15) is 0 Å². The van der Waals surface area contributed by atoms with Crippen molar-refractivity contribution in [1.29, 1.82) is 0 Å². The summed E-state index contributed by atoms with van der Waals surface area (Å²) in [6, 6.07) is 7.85. The average Bonchev–Trinajstić information content (AvgIpc) is 2.57. The predicted octanol–water partition coefficient (Wildman–Crippen LogP) is 1.57. The van der Waals surface area contributed by atoms with Gasteiger partial charge < -0.3 is 15.3 Å². The highest BCUT2D eigenvalue weighted by Crippen LogP contribution is 2.10. The number of hydrogen-bond acceptors (Lipinski definition) is 4. The summed E-state index contributed by atoms with van der Waals surface area (Å²) in [4.78, 5) is 16.9. The van der Waals surface area contributed by atoms with Crippen LogP contribution in [0.25, 0.3) is 0 Å². The van der Waals surface area contributed by atoms with Gasteiger partial charge in [-0.3, -0.25) is 9.69 Å². The van der Waals surface area contributed by atoms with Crippen LogP contribution in [0.3, 0.4) is 0 Å². The Bertz CT molecular complexity index is 508. The van der Waals surface area contributed by atoms with Crippen molar-refractivity contribution in [3.05, 3.63) is 35.4 Å². The Kier molecular flexibility index (Phi) is 7.21. The normalized spacial score (nSPS) is 17.9. The standard InChI is InChI=1S/C19H31N3O2/c1-15(2)18(23)8-9-20-19(24)17-6-4-16(5-7-17)14-22-12-10-21(3)11-13-22/h4-7,15,18,23H,8-14H2,1-3H3,(H,20,24). The fourth-order valence-electron chi connectivity index (χ4n) is 2.79. The van der Waals surface area contributed by atoms with Crippen molar-refractivity contribution < 1.29 is 9.90 Å². The smallest absolute Gasteiger partial charge is 0.251 e. The van der Waals surface area contributed by atoms with E-state index in [1.807, 2.05) is 38.1 Å². The van der Waals surface area contributed by atoms with Crippen molar-refractivity contribution in [1.82, 2.24) is 15.1 Å². The molecule has 0 saturated carbocycles. The van der Waals surface area contributed by atoms with E-state index in [1.54, 1.807) is 0 Å². The molecule has 1 aromatic carbocycles. The highest BCUT2D eigenvalue weighted by molar-refractivity contribution is 5.94. The van der Waals surface area contributed by atoms with Gasteiger partial charge in [0.1, 0.15) is 0 Å². The van der Waals surface area contributed by atoms with Gasteiger partial charge in [0.2, 0.25) is 0 Å². The molecule has 1 heterocycles. The number of aliphatic hydroxyl groups is 1. The summed E-state index contributed by atoms with van der Waals surface area (Å²) >= 11 is 0. The van der Waals surface area contributed by atoms with Crippen LogP contribution >= 0.6 is 0 Å². The maximum absolute atomic E-state index is 12.1. The van der Waals surface area contributed by atoms with Gasteiger partial charge in [-0.25, -0.2) is 0 Å². The van der Waals surface area contributed by atoms with E-state index in [4.69, 9.17) is 0 Å². The van der Waals surface area contributed by atoms with Crippen molar-refractivity contribution >= 4 is 5.91 Å². The summed E-state index contributed by atoms with van der Waals surface area (Å²) in [5.41, 5.74) is 1.92. The molecule has 5 nitrogen and oxygen atoms in total. The van der Waals surface area contributed by atoms with Gasteiger partial charge in [-0.05, 0) is 37.1 Å². The molecule has 24 heavy (non-hydrogen) atoms. The van der Waals surface area contributed by atoms with Crippen molar-refractivity contribution in [2.75, 3.05) is 39.8 Å². The van der Waals surface area contributed by atoms with Crippen molar-refractivity contribution in [2.45, 2.75) is 32.9 Å². The molecule has 134 valence electrons. The number of amides is 1. The molecule has 1 aromatic rings. The molecule has 0 aliphatic carbocycles. The zero-order valence-electron chi connectivity index (χ0n) is 15.2. The first-order valence-electron chi connectivity index (χ1n) is 8.92. The summed E-state index contributed by atoms with van der Waals surface area (Å²) in [7, 11) is 2.16. The highest BCUT2D eigenvalue weighted by Gasteiger charge is 2.14. The zero-order chi connectivity index (χ0) is 17.5. The predicted molar refractivity (Wildman–Crippen MR) is 97.0 cm³/mol. The van der Waals surface area contributed by atoms with Crippen LogP contribution in [-0.4, -0.2) is 66.7 Å². The van der Waals surface area contributed by atoms with Crippen LogP contribution < -0.4 is 5.32 Å². The summed E-state index contributed by atoms with van der Waals surface area (Å²) in [6.45, 7) is 9.81. The van der Waals surface area contributed by atoms with Gasteiger partial charge in [0.15, 0.2) is 0 Å². The lowest BCUT2D eigenvalue weighted by Crippen LogP contribution is -2.43. The Hall–Kier alpha value is -1.43.